The average molecular weight is 423 g/mol. The summed E-state index contributed by atoms with van der Waals surface area (Å²) in [6.07, 6.45) is 1.86. The number of benzene rings is 1. The second kappa shape index (κ2) is 8.80. The Balaban J connectivity index is 2.39. The molecule has 10 nitrogen and oxygen atoms in total. The first-order valence-electron chi connectivity index (χ1n) is 8.13. The lowest BCUT2D eigenvalue weighted by Gasteiger charge is -2.15. The van der Waals surface area contributed by atoms with Crippen molar-refractivity contribution in [2.24, 2.45) is 0 Å². The van der Waals surface area contributed by atoms with Gasteiger partial charge in [0.05, 0.1) is 25.8 Å². The summed E-state index contributed by atoms with van der Waals surface area (Å²) < 4.78 is 41.0. The van der Waals surface area contributed by atoms with Crippen LogP contribution in [0, 0.1) is 13.8 Å². The molecule has 0 spiro atoms. The van der Waals surface area contributed by atoms with Gasteiger partial charge in [0.15, 0.2) is 11.5 Å². The van der Waals surface area contributed by atoms with Crippen molar-refractivity contribution in [1.29, 1.82) is 0 Å². The maximum absolute atomic E-state index is 12.8. The molecule has 1 aromatic heterocycles. The SMILES string of the molecule is COc1cc(/C=C/C(=O)[O-])cc(S(=O)(=O)NNC(=O)c2cc(C)oc2C)c1OC. The number of carboxylic acids is 1. The fraction of sp³-hybridized carbons (Fsp3) is 0.222. The van der Waals surface area contributed by atoms with Gasteiger partial charge in [-0.1, -0.05) is 6.08 Å². The van der Waals surface area contributed by atoms with Crippen LogP contribution < -0.4 is 24.8 Å². The van der Waals surface area contributed by atoms with Crippen molar-refractivity contribution >= 4 is 28.0 Å². The molecule has 0 saturated heterocycles. The van der Waals surface area contributed by atoms with E-state index in [0.29, 0.717) is 11.5 Å². The van der Waals surface area contributed by atoms with E-state index in [1.807, 2.05) is 4.83 Å². The number of aliphatic carboxylic acids is 1. The minimum atomic E-state index is -4.32. The predicted molar refractivity (Wildman–Crippen MR) is 99.6 cm³/mol. The van der Waals surface area contributed by atoms with Gasteiger partial charge in [0.2, 0.25) is 0 Å². The minimum absolute atomic E-state index is 0.0426. The molecular weight excluding hydrogens is 404 g/mol. The molecule has 0 unspecified atom stereocenters. The van der Waals surface area contributed by atoms with Gasteiger partial charge in [0, 0.05) is 0 Å². The number of amides is 1. The van der Waals surface area contributed by atoms with Crippen LogP contribution in [0.15, 0.2) is 33.6 Å². The third-order valence-corrected chi connectivity index (χ3v) is 5.01. The van der Waals surface area contributed by atoms with Crippen molar-refractivity contribution in [3.63, 3.8) is 0 Å². The Hall–Kier alpha value is -3.31. The Labute approximate surface area is 167 Å². The zero-order valence-corrected chi connectivity index (χ0v) is 16.9. The van der Waals surface area contributed by atoms with E-state index in [1.54, 1.807) is 13.8 Å². The normalized spacial score (nSPS) is 11.4. The Morgan fingerprint density at radius 2 is 1.83 bits per heavy atom. The van der Waals surface area contributed by atoms with E-state index in [4.69, 9.17) is 13.9 Å². The lowest BCUT2D eigenvalue weighted by Crippen LogP contribution is -2.41. The Kier molecular flexibility index (Phi) is 6.67. The maximum atomic E-state index is 12.8. The summed E-state index contributed by atoms with van der Waals surface area (Å²) >= 11 is 0. The molecule has 1 heterocycles. The molecule has 0 atom stereocenters. The van der Waals surface area contributed by atoms with Crippen LogP contribution in [0.3, 0.4) is 0 Å². The first kappa shape index (κ1) is 22.0. The number of hydrazine groups is 1. The highest BCUT2D eigenvalue weighted by atomic mass is 32.2. The third-order valence-electron chi connectivity index (χ3n) is 3.75. The minimum Gasteiger partial charge on any atom is -0.545 e. The molecule has 0 aliphatic rings. The van der Waals surface area contributed by atoms with Gasteiger partial charge in [-0.2, -0.15) is 0 Å². The second-order valence-corrected chi connectivity index (χ2v) is 7.44. The van der Waals surface area contributed by atoms with E-state index in [-0.39, 0.29) is 27.5 Å². The number of nitrogens with one attached hydrogen (secondary N) is 2. The van der Waals surface area contributed by atoms with Gasteiger partial charge >= 0.3 is 0 Å². The molecule has 0 fully saturated rings. The van der Waals surface area contributed by atoms with Crippen molar-refractivity contribution in [3.8, 4) is 11.5 Å². The van der Waals surface area contributed by atoms with E-state index in [2.05, 4.69) is 5.43 Å². The highest BCUT2D eigenvalue weighted by molar-refractivity contribution is 7.89. The smallest absolute Gasteiger partial charge is 0.269 e. The number of hydrogen-bond acceptors (Lipinski definition) is 8. The van der Waals surface area contributed by atoms with Gasteiger partial charge in [0.1, 0.15) is 16.4 Å². The molecule has 0 radical (unpaired) electrons. The number of furan rings is 1. The van der Waals surface area contributed by atoms with Gasteiger partial charge in [0.25, 0.3) is 15.9 Å². The molecule has 2 rings (SSSR count). The highest BCUT2D eigenvalue weighted by Crippen LogP contribution is 2.35. The number of carbonyl (C=O) groups excluding carboxylic acids is 2. The van der Waals surface area contributed by atoms with E-state index in [0.717, 1.165) is 18.2 Å². The van der Waals surface area contributed by atoms with Crippen LogP contribution in [-0.2, 0) is 14.8 Å². The summed E-state index contributed by atoms with van der Waals surface area (Å²) in [6, 6.07) is 4.00. The molecule has 29 heavy (non-hydrogen) atoms. The molecule has 2 N–H and O–H groups in total. The molecule has 1 aromatic carbocycles. The molecule has 2 aromatic rings. The van der Waals surface area contributed by atoms with Crippen LogP contribution in [0.2, 0.25) is 0 Å². The van der Waals surface area contributed by atoms with E-state index in [1.165, 1.54) is 26.4 Å². The zero-order chi connectivity index (χ0) is 21.8. The monoisotopic (exact) mass is 423 g/mol. The first-order chi connectivity index (χ1) is 13.6. The van der Waals surface area contributed by atoms with Crippen LogP contribution in [-0.4, -0.2) is 34.5 Å². The Morgan fingerprint density at radius 1 is 1.14 bits per heavy atom. The van der Waals surface area contributed by atoms with Crippen molar-refractivity contribution in [3.05, 3.63) is 46.9 Å². The quantitative estimate of drug-likeness (QED) is 0.455. The van der Waals surface area contributed by atoms with Crippen molar-refractivity contribution in [2.45, 2.75) is 18.7 Å². The lowest BCUT2D eigenvalue weighted by atomic mass is 10.2. The van der Waals surface area contributed by atoms with Crippen LogP contribution in [0.1, 0.15) is 27.4 Å². The summed E-state index contributed by atoms with van der Waals surface area (Å²) in [4.78, 5) is 24.5. The number of sulfonamides is 1. The first-order valence-corrected chi connectivity index (χ1v) is 9.61. The third kappa shape index (κ3) is 5.15. The predicted octanol–water partition coefficient (Wildman–Crippen LogP) is 0.300. The van der Waals surface area contributed by atoms with Crippen molar-refractivity contribution in [1.82, 2.24) is 10.3 Å². The second-order valence-electron chi connectivity index (χ2n) is 5.79. The topological polar surface area (TPSA) is 147 Å². The summed E-state index contributed by atoms with van der Waals surface area (Å²) in [5.41, 5.74) is 2.46. The van der Waals surface area contributed by atoms with Gasteiger partial charge in [-0.25, -0.2) is 8.42 Å². The van der Waals surface area contributed by atoms with Gasteiger partial charge in [-0.3, -0.25) is 10.2 Å². The molecule has 0 aliphatic heterocycles. The number of methoxy groups -OCH3 is 2. The van der Waals surface area contributed by atoms with E-state index in [9.17, 15) is 23.1 Å². The Bertz CT molecular complexity index is 1070. The molecular formula is C18H19N2O8S-. The number of carboxylic acid groups (broad SMARTS) is 1. The lowest BCUT2D eigenvalue weighted by molar-refractivity contribution is -0.297. The van der Waals surface area contributed by atoms with Gasteiger partial charge in [-0.15, -0.1) is 4.83 Å². The fourth-order valence-corrected chi connectivity index (χ4v) is 3.56. The molecule has 156 valence electrons. The molecule has 0 saturated carbocycles. The largest absolute Gasteiger partial charge is 0.545 e. The summed E-state index contributed by atoms with van der Waals surface area (Å²) in [5, 5.41) is 10.6. The van der Waals surface area contributed by atoms with Crippen LogP contribution >= 0.6 is 0 Å². The number of ether oxygens (including phenoxy) is 2. The molecule has 1 amide bonds. The van der Waals surface area contributed by atoms with Gasteiger partial charge in [-0.05, 0) is 43.7 Å². The zero-order valence-electron chi connectivity index (χ0n) is 16.1. The summed E-state index contributed by atoms with van der Waals surface area (Å²) in [5.74, 6) is -1.44. The standard InChI is InChI=1S/C18H20N2O8S/c1-10-7-13(11(2)28-10)18(23)19-20-29(24,25)15-9-12(5-6-16(21)22)8-14(26-3)17(15)27-4/h5-9,20H,1-4H3,(H,19,23)(H,21,22)/p-1/b6-5+. The number of carbonyl (C=O) groups is 2. The van der Waals surface area contributed by atoms with E-state index < -0.39 is 21.9 Å². The fourth-order valence-electron chi connectivity index (χ4n) is 2.50. The molecule has 11 heteroatoms. The van der Waals surface area contributed by atoms with Crippen molar-refractivity contribution in [2.75, 3.05) is 14.2 Å². The van der Waals surface area contributed by atoms with Gasteiger partial charge < -0.3 is 23.8 Å². The van der Waals surface area contributed by atoms with E-state index >= 15 is 0 Å². The van der Waals surface area contributed by atoms with Crippen LogP contribution in [0.4, 0.5) is 0 Å². The van der Waals surface area contributed by atoms with Crippen LogP contribution in [0.25, 0.3) is 6.08 Å². The average Bonchev–Trinajstić information content (AvgIpc) is 3.01. The number of hydrogen-bond donors (Lipinski definition) is 2. The van der Waals surface area contributed by atoms with Crippen LogP contribution in [0.5, 0.6) is 11.5 Å². The Morgan fingerprint density at radius 3 is 2.34 bits per heavy atom. The number of rotatable bonds is 8. The maximum Gasteiger partial charge on any atom is 0.269 e. The molecule has 0 bridgehead atoms. The van der Waals surface area contributed by atoms with Crippen molar-refractivity contribution < 1.29 is 37.0 Å². The number of aryl methyl sites for hydroxylation is 2. The summed E-state index contributed by atoms with van der Waals surface area (Å²) in [6.45, 7) is 3.22. The highest BCUT2D eigenvalue weighted by Gasteiger charge is 2.25. The molecule has 0 aliphatic carbocycles. The summed E-state index contributed by atoms with van der Waals surface area (Å²) in [7, 11) is -1.79.